The highest BCUT2D eigenvalue weighted by Crippen LogP contribution is 2.27. The van der Waals surface area contributed by atoms with Gasteiger partial charge in [0.2, 0.25) is 0 Å². The second-order valence-corrected chi connectivity index (χ2v) is 5.94. The summed E-state index contributed by atoms with van der Waals surface area (Å²) in [5, 5.41) is 3.57. The van der Waals surface area contributed by atoms with Crippen molar-refractivity contribution in [2.75, 3.05) is 13.2 Å². The molecular formula is C18H31NO2. The van der Waals surface area contributed by atoms with Crippen LogP contribution in [0.2, 0.25) is 0 Å². The van der Waals surface area contributed by atoms with Gasteiger partial charge in [0.15, 0.2) is 0 Å². The van der Waals surface area contributed by atoms with Crippen LogP contribution in [-0.2, 0) is 4.74 Å². The van der Waals surface area contributed by atoms with E-state index in [1.54, 1.807) is 0 Å². The van der Waals surface area contributed by atoms with Gasteiger partial charge >= 0.3 is 0 Å². The fourth-order valence-corrected chi connectivity index (χ4v) is 2.56. The number of rotatable bonds is 9. The Morgan fingerprint density at radius 2 is 1.81 bits per heavy atom. The first-order valence-corrected chi connectivity index (χ1v) is 8.11. The molecule has 1 rings (SSSR count). The number of ether oxygens (including phenoxy) is 2. The summed E-state index contributed by atoms with van der Waals surface area (Å²) < 4.78 is 11.8. The minimum atomic E-state index is 0.157. The summed E-state index contributed by atoms with van der Waals surface area (Å²) in [6, 6.07) is 8.53. The smallest absolute Gasteiger partial charge is 0.120 e. The summed E-state index contributed by atoms with van der Waals surface area (Å²) in [5.41, 5.74) is 1.22. The molecule has 3 nitrogen and oxygen atoms in total. The number of likely N-dealkylation sites (N-methyl/N-ethyl adjacent to an activating group) is 1. The molecule has 0 aliphatic rings. The quantitative estimate of drug-likeness (QED) is 0.740. The second kappa shape index (κ2) is 9.06. The van der Waals surface area contributed by atoms with Gasteiger partial charge in [0.05, 0.1) is 18.2 Å². The van der Waals surface area contributed by atoms with E-state index in [0.29, 0.717) is 5.92 Å². The molecule has 0 fully saturated rings. The molecule has 21 heavy (non-hydrogen) atoms. The summed E-state index contributed by atoms with van der Waals surface area (Å²) in [6.07, 6.45) is 0.342. The van der Waals surface area contributed by atoms with Gasteiger partial charge in [-0.3, -0.25) is 0 Å². The average molecular weight is 293 g/mol. The third-order valence-corrected chi connectivity index (χ3v) is 3.36. The third kappa shape index (κ3) is 5.68. The predicted octanol–water partition coefficient (Wildman–Crippen LogP) is 4.19. The Morgan fingerprint density at radius 3 is 2.33 bits per heavy atom. The average Bonchev–Trinajstić information content (AvgIpc) is 2.42. The highest BCUT2D eigenvalue weighted by atomic mass is 16.5. The van der Waals surface area contributed by atoms with Crippen molar-refractivity contribution in [3.05, 3.63) is 29.8 Å². The van der Waals surface area contributed by atoms with E-state index in [-0.39, 0.29) is 18.2 Å². The Balaban J connectivity index is 3.03. The monoisotopic (exact) mass is 293 g/mol. The van der Waals surface area contributed by atoms with Crippen molar-refractivity contribution >= 4 is 0 Å². The van der Waals surface area contributed by atoms with Gasteiger partial charge in [0.25, 0.3) is 0 Å². The molecule has 0 aromatic heterocycles. The Bertz CT molecular complexity index is 404. The number of benzene rings is 1. The van der Waals surface area contributed by atoms with Crippen molar-refractivity contribution in [2.45, 2.75) is 59.8 Å². The van der Waals surface area contributed by atoms with Crippen LogP contribution >= 0.6 is 0 Å². The lowest BCUT2D eigenvalue weighted by Gasteiger charge is -2.31. The van der Waals surface area contributed by atoms with E-state index in [1.165, 1.54) is 5.56 Å². The highest BCUT2D eigenvalue weighted by Gasteiger charge is 2.26. The van der Waals surface area contributed by atoms with Crippen LogP contribution in [0.3, 0.4) is 0 Å². The van der Waals surface area contributed by atoms with Gasteiger partial charge in [-0.05, 0) is 50.9 Å². The van der Waals surface area contributed by atoms with Crippen LogP contribution in [0.5, 0.6) is 5.75 Å². The van der Waals surface area contributed by atoms with Crippen molar-refractivity contribution in [1.29, 1.82) is 0 Å². The molecule has 0 heterocycles. The minimum Gasteiger partial charge on any atom is -0.491 e. The number of hydrogen-bond acceptors (Lipinski definition) is 3. The van der Waals surface area contributed by atoms with Gasteiger partial charge in [-0.1, -0.05) is 32.9 Å². The first-order chi connectivity index (χ1) is 9.99. The Hall–Kier alpha value is -1.06. The van der Waals surface area contributed by atoms with Crippen LogP contribution in [-0.4, -0.2) is 25.4 Å². The summed E-state index contributed by atoms with van der Waals surface area (Å²) >= 11 is 0. The van der Waals surface area contributed by atoms with Crippen LogP contribution in [0, 0.1) is 5.92 Å². The molecule has 0 amide bonds. The van der Waals surface area contributed by atoms with Crippen molar-refractivity contribution in [2.24, 2.45) is 5.92 Å². The summed E-state index contributed by atoms with van der Waals surface area (Å²) in [6.45, 7) is 14.3. The first kappa shape index (κ1) is 18.0. The molecular weight excluding hydrogens is 262 g/mol. The fourth-order valence-electron chi connectivity index (χ4n) is 2.56. The van der Waals surface area contributed by atoms with Crippen LogP contribution in [0.25, 0.3) is 0 Å². The Kier molecular flexibility index (Phi) is 7.76. The zero-order valence-electron chi connectivity index (χ0n) is 14.3. The highest BCUT2D eigenvalue weighted by molar-refractivity contribution is 5.31. The second-order valence-electron chi connectivity index (χ2n) is 5.94. The van der Waals surface area contributed by atoms with Crippen LogP contribution in [0.15, 0.2) is 24.3 Å². The Morgan fingerprint density at radius 1 is 1.10 bits per heavy atom. The molecule has 2 atom stereocenters. The predicted molar refractivity (Wildman–Crippen MR) is 88.9 cm³/mol. The van der Waals surface area contributed by atoms with E-state index < -0.39 is 0 Å². The minimum absolute atomic E-state index is 0.157. The van der Waals surface area contributed by atoms with Gasteiger partial charge in [0.1, 0.15) is 5.75 Å². The van der Waals surface area contributed by atoms with Crippen LogP contribution < -0.4 is 10.1 Å². The van der Waals surface area contributed by atoms with Crippen molar-refractivity contribution in [3.63, 3.8) is 0 Å². The molecule has 0 radical (unpaired) electrons. The van der Waals surface area contributed by atoms with Crippen molar-refractivity contribution in [1.82, 2.24) is 5.32 Å². The standard InChI is InChI=1S/C18H31NO2/c1-7-19-17(18(13(3)4)20-8-2)15-10-9-11-16(12-15)21-14(5)6/h9-14,17-19H,7-8H2,1-6H3. The van der Waals surface area contributed by atoms with Gasteiger partial charge in [0, 0.05) is 6.61 Å². The van der Waals surface area contributed by atoms with E-state index in [1.807, 2.05) is 19.9 Å². The van der Waals surface area contributed by atoms with Crippen LogP contribution in [0.1, 0.15) is 53.1 Å². The normalized spacial score (nSPS) is 14.5. The molecule has 3 heteroatoms. The van der Waals surface area contributed by atoms with E-state index in [9.17, 15) is 0 Å². The third-order valence-electron chi connectivity index (χ3n) is 3.36. The van der Waals surface area contributed by atoms with Crippen LogP contribution in [0.4, 0.5) is 0 Å². The van der Waals surface area contributed by atoms with Crippen molar-refractivity contribution < 1.29 is 9.47 Å². The van der Waals surface area contributed by atoms with Gasteiger partial charge in [-0.2, -0.15) is 0 Å². The topological polar surface area (TPSA) is 30.5 Å². The largest absolute Gasteiger partial charge is 0.491 e. The molecule has 1 aromatic rings. The Labute approximate surface area is 130 Å². The molecule has 0 spiro atoms. The molecule has 2 unspecified atom stereocenters. The van der Waals surface area contributed by atoms with E-state index in [2.05, 4.69) is 51.2 Å². The molecule has 0 saturated carbocycles. The van der Waals surface area contributed by atoms with E-state index in [0.717, 1.165) is 18.9 Å². The maximum atomic E-state index is 5.99. The SMILES string of the molecule is CCNC(c1cccc(OC(C)C)c1)C(OCC)C(C)C. The summed E-state index contributed by atoms with van der Waals surface area (Å²) in [4.78, 5) is 0. The molecule has 0 aliphatic heterocycles. The lowest BCUT2D eigenvalue weighted by atomic mass is 9.93. The molecule has 120 valence electrons. The molecule has 0 saturated heterocycles. The molecule has 0 aliphatic carbocycles. The van der Waals surface area contributed by atoms with Gasteiger partial charge in [-0.25, -0.2) is 0 Å². The fraction of sp³-hybridized carbons (Fsp3) is 0.667. The maximum absolute atomic E-state index is 5.99. The van der Waals surface area contributed by atoms with Crippen molar-refractivity contribution in [3.8, 4) is 5.75 Å². The van der Waals surface area contributed by atoms with Gasteiger partial charge in [-0.15, -0.1) is 0 Å². The van der Waals surface area contributed by atoms with E-state index in [4.69, 9.17) is 9.47 Å². The molecule has 1 aromatic carbocycles. The summed E-state index contributed by atoms with van der Waals surface area (Å²) in [5.74, 6) is 1.37. The number of hydrogen-bond donors (Lipinski definition) is 1. The lowest BCUT2D eigenvalue weighted by molar-refractivity contribution is 0.00312. The maximum Gasteiger partial charge on any atom is 0.120 e. The summed E-state index contributed by atoms with van der Waals surface area (Å²) in [7, 11) is 0. The van der Waals surface area contributed by atoms with E-state index >= 15 is 0 Å². The lowest BCUT2D eigenvalue weighted by Crippen LogP contribution is -2.37. The zero-order chi connectivity index (χ0) is 15.8. The molecule has 0 bridgehead atoms. The first-order valence-electron chi connectivity index (χ1n) is 8.11. The van der Waals surface area contributed by atoms with Gasteiger partial charge < -0.3 is 14.8 Å². The molecule has 1 N–H and O–H groups in total. The zero-order valence-corrected chi connectivity index (χ0v) is 14.3. The number of nitrogens with one attached hydrogen (secondary N) is 1.